The molecule has 0 atom stereocenters. The number of nitrogens with one attached hydrogen (secondary N) is 1. The van der Waals surface area contributed by atoms with Crippen LogP contribution in [-0.2, 0) is 0 Å². The average Bonchev–Trinajstić information content (AvgIpc) is 3.27. The van der Waals surface area contributed by atoms with E-state index in [9.17, 15) is 4.79 Å². The number of ketones is 1. The normalized spacial score (nSPS) is 11.1. The summed E-state index contributed by atoms with van der Waals surface area (Å²) >= 11 is 1.32. The van der Waals surface area contributed by atoms with Crippen LogP contribution in [0, 0.1) is 6.92 Å². The van der Waals surface area contributed by atoms with E-state index in [1.54, 1.807) is 0 Å². The second kappa shape index (κ2) is 6.52. The molecule has 7 heteroatoms. The molecule has 2 heterocycles. The maximum atomic E-state index is 12.3. The lowest BCUT2D eigenvalue weighted by molar-refractivity contribution is 0.0986. The van der Waals surface area contributed by atoms with Gasteiger partial charge in [0.2, 0.25) is 11.7 Å². The smallest absolute Gasteiger partial charge is 0.285 e. The number of Topliss-reactive ketones (excluding diaryl/α,β-unsaturated/α-hetero) is 1. The molecular weight excluding hydrogens is 336 g/mol. The van der Waals surface area contributed by atoms with Crippen LogP contribution in [0.25, 0.3) is 22.5 Å². The highest BCUT2D eigenvalue weighted by atomic mass is 32.2. The van der Waals surface area contributed by atoms with Gasteiger partial charge in [0.1, 0.15) is 0 Å². The summed E-state index contributed by atoms with van der Waals surface area (Å²) in [6.45, 7) is 2.02. The van der Waals surface area contributed by atoms with E-state index in [0.29, 0.717) is 11.0 Å². The maximum Gasteiger partial charge on any atom is 0.285 e. The first kappa shape index (κ1) is 15.6. The first-order valence-electron chi connectivity index (χ1n) is 7.70. The Morgan fingerprint density at radius 2 is 2.00 bits per heavy atom. The lowest BCUT2D eigenvalue weighted by Gasteiger charge is -1.94. The van der Waals surface area contributed by atoms with E-state index in [1.807, 2.05) is 55.5 Å². The highest BCUT2D eigenvalue weighted by Gasteiger charge is 2.17. The number of rotatable bonds is 5. The Bertz CT molecular complexity index is 1040. The second-order valence-corrected chi connectivity index (χ2v) is 6.52. The lowest BCUT2D eigenvalue weighted by atomic mass is 10.2. The molecule has 0 aliphatic heterocycles. The number of aryl methyl sites for hydroxylation is 1. The first-order chi connectivity index (χ1) is 12.2. The monoisotopic (exact) mass is 350 g/mol. The van der Waals surface area contributed by atoms with Gasteiger partial charge in [0.05, 0.1) is 16.8 Å². The molecule has 2 aromatic carbocycles. The Labute approximate surface area is 147 Å². The predicted octanol–water partition coefficient (Wildman–Crippen LogP) is 3.90. The lowest BCUT2D eigenvalue weighted by Crippen LogP contribution is -2.03. The molecular formula is C18H14N4O2S. The molecule has 124 valence electrons. The Kier molecular flexibility index (Phi) is 4.07. The van der Waals surface area contributed by atoms with E-state index in [1.165, 1.54) is 11.8 Å². The fourth-order valence-corrected chi connectivity index (χ4v) is 3.13. The summed E-state index contributed by atoms with van der Waals surface area (Å²) in [6, 6.07) is 15.3. The number of thioether (sulfide) groups is 1. The fourth-order valence-electron chi connectivity index (χ4n) is 2.40. The van der Waals surface area contributed by atoms with Gasteiger partial charge in [-0.05, 0) is 36.8 Å². The largest absolute Gasteiger partial charge is 0.414 e. The van der Waals surface area contributed by atoms with Gasteiger partial charge in [0, 0.05) is 5.56 Å². The molecule has 0 radical (unpaired) electrons. The number of hydrogen-bond donors (Lipinski definition) is 1. The minimum atomic E-state index is -0.226. The standard InChI is InChI=1S/C18H14N4O2S/c1-11-7-8-13-14(9-11)20-18(19-13)25-10-15(23)17-22-21-16(24-17)12-5-3-2-4-6-12/h2-9H,10H2,1H3,(H,19,20). The van der Waals surface area contributed by atoms with Gasteiger partial charge in [-0.1, -0.05) is 36.0 Å². The van der Waals surface area contributed by atoms with Gasteiger partial charge in [-0.15, -0.1) is 10.2 Å². The number of aromatic amines is 1. The van der Waals surface area contributed by atoms with Crippen LogP contribution < -0.4 is 0 Å². The van der Waals surface area contributed by atoms with Gasteiger partial charge in [-0.3, -0.25) is 4.79 Å². The fraction of sp³-hybridized carbons (Fsp3) is 0.111. The number of carbonyl (C=O) groups is 1. The molecule has 4 rings (SSSR count). The molecule has 0 aliphatic rings. The number of benzene rings is 2. The van der Waals surface area contributed by atoms with E-state index in [4.69, 9.17) is 4.42 Å². The van der Waals surface area contributed by atoms with Crippen LogP contribution in [-0.4, -0.2) is 31.7 Å². The van der Waals surface area contributed by atoms with Crippen LogP contribution in [0.2, 0.25) is 0 Å². The molecule has 0 unspecified atom stereocenters. The third kappa shape index (κ3) is 3.32. The molecule has 0 saturated carbocycles. The minimum absolute atomic E-state index is 0.0123. The molecule has 6 nitrogen and oxygen atoms in total. The Morgan fingerprint density at radius 1 is 1.16 bits per heavy atom. The van der Waals surface area contributed by atoms with Gasteiger partial charge in [0.25, 0.3) is 5.89 Å². The molecule has 1 N–H and O–H groups in total. The number of hydrogen-bond acceptors (Lipinski definition) is 6. The zero-order chi connectivity index (χ0) is 17.2. The molecule has 0 bridgehead atoms. The molecule has 0 aliphatic carbocycles. The van der Waals surface area contributed by atoms with Crippen molar-refractivity contribution in [2.45, 2.75) is 12.1 Å². The third-order valence-electron chi connectivity index (χ3n) is 3.64. The van der Waals surface area contributed by atoms with E-state index < -0.39 is 0 Å². The molecule has 0 fully saturated rings. The molecule has 4 aromatic rings. The summed E-state index contributed by atoms with van der Waals surface area (Å²) in [4.78, 5) is 19.9. The quantitative estimate of drug-likeness (QED) is 0.434. The summed E-state index contributed by atoms with van der Waals surface area (Å²) in [5.74, 6) is 0.303. The van der Waals surface area contributed by atoms with Crippen molar-refractivity contribution in [2.75, 3.05) is 5.75 Å². The summed E-state index contributed by atoms with van der Waals surface area (Å²) in [5, 5.41) is 8.48. The number of fused-ring (bicyclic) bond motifs is 1. The maximum absolute atomic E-state index is 12.3. The van der Waals surface area contributed by atoms with Crippen LogP contribution >= 0.6 is 11.8 Å². The van der Waals surface area contributed by atoms with Crippen molar-refractivity contribution in [3.63, 3.8) is 0 Å². The highest BCUT2D eigenvalue weighted by molar-refractivity contribution is 7.99. The van der Waals surface area contributed by atoms with Crippen LogP contribution in [0.4, 0.5) is 0 Å². The van der Waals surface area contributed by atoms with E-state index in [-0.39, 0.29) is 17.4 Å². The Morgan fingerprint density at radius 3 is 2.84 bits per heavy atom. The van der Waals surface area contributed by atoms with Crippen molar-refractivity contribution >= 4 is 28.6 Å². The number of nitrogens with zero attached hydrogens (tertiary/aromatic N) is 3. The molecule has 25 heavy (non-hydrogen) atoms. The third-order valence-corrected chi connectivity index (χ3v) is 4.51. The minimum Gasteiger partial charge on any atom is -0.414 e. The van der Waals surface area contributed by atoms with Crippen LogP contribution in [0.5, 0.6) is 0 Å². The van der Waals surface area contributed by atoms with Crippen molar-refractivity contribution in [2.24, 2.45) is 0 Å². The zero-order valence-corrected chi connectivity index (χ0v) is 14.2. The summed E-state index contributed by atoms with van der Waals surface area (Å²) in [6.07, 6.45) is 0. The summed E-state index contributed by atoms with van der Waals surface area (Å²) in [5.41, 5.74) is 3.78. The van der Waals surface area contributed by atoms with Crippen LogP contribution in [0.1, 0.15) is 16.2 Å². The molecule has 0 amide bonds. The van der Waals surface area contributed by atoms with Crippen molar-refractivity contribution in [3.05, 3.63) is 60.0 Å². The number of H-pyrrole nitrogens is 1. The topological polar surface area (TPSA) is 84.7 Å². The zero-order valence-electron chi connectivity index (χ0n) is 13.4. The Hall–Kier alpha value is -2.93. The molecule has 0 spiro atoms. The SMILES string of the molecule is Cc1ccc2nc(SCC(=O)c3nnc(-c4ccccc4)o3)[nH]c2c1. The van der Waals surface area contributed by atoms with Crippen molar-refractivity contribution in [1.29, 1.82) is 0 Å². The van der Waals surface area contributed by atoms with Gasteiger partial charge < -0.3 is 9.40 Å². The number of aromatic nitrogens is 4. The van der Waals surface area contributed by atoms with Gasteiger partial charge in [0.15, 0.2) is 5.16 Å². The van der Waals surface area contributed by atoms with Crippen LogP contribution in [0.15, 0.2) is 58.1 Å². The Balaban J connectivity index is 1.46. The van der Waals surface area contributed by atoms with Gasteiger partial charge in [-0.2, -0.15) is 0 Å². The summed E-state index contributed by atoms with van der Waals surface area (Å²) < 4.78 is 5.48. The van der Waals surface area contributed by atoms with Gasteiger partial charge in [-0.25, -0.2) is 4.98 Å². The van der Waals surface area contributed by atoms with Crippen molar-refractivity contribution in [3.8, 4) is 11.5 Å². The van der Waals surface area contributed by atoms with Crippen molar-refractivity contribution in [1.82, 2.24) is 20.2 Å². The summed E-state index contributed by atoms with van der Waals surface area (Å²) in [7, 11) is 0. The van der Waals surface area contributed by atoms with E-state index in [2.05, 4.69) is 20.2 Å². The molecule has 0 saturated heterocycles. The number of carbonyl (C=O) groups excluding carboxylic acids is 1. The second-order valence-electron chi connectivity index (χ2n) is 5.55. The van der Waals surface area contributed by atoms with E-state index >= 15 is 0 Å². The average molecular weight is 350 g/mol. The van der Waals surface area contributed by atoms with Crippen LogP contribution in [0.3, 0.4) is 0 Å². The number of imidazole rings is 1. The van der Waals surface area contributed by atoms with Crippen molar-refractivity contribution < 1.29 is 9.21 Å². The van der Waals surface area contributed by atoms with E-state index in [0.717, 1.165) is 22.2 Å². The highest BCUT2D eigenvalue weighted by Crippen LogP contribution is 2.22. The predicted molar refractivity (Wildman–Crippen MR) is 95.6 cm³/mol. The first-order valence-corrected chi connectivity index (χ1v) is 8.69. The van der Waals surface area contributed by atoms with Gasteiger partial charge >= 0.3 is 0 Å². The molecule has 2 aromatic heterocycles.